The molecule has 2 aromatic carbocycles. The number of nitriles is 1. The van der Waals surface area contributed by atoms with Crippen LogP contribution >= 0.6 is 0 Å². The maximum Gasteiger partial charge on any atom is 0.256 e. The van der Waals surface area contributed by atoms with E-state index in [1.165, 1.54) is 16.7 Å². The van der Waals surface area contributed by atoms with Crippen LogP contribution in [-0.4, -0.2) is 34.0 Å². The molecule has 0 N–H and O–H groups in total. The second kappa shape index (κ2) is 7.22. The van der Waals surface area contributed by atoms with Gasteiger partial charge in [0.2, 0.25) is 0 Å². The second-order valence-corrected chi connectivity index (χ2v) is 7.18. The predicted octanol–water partition coefficient (Wildman–Crippen LogP) is 4.19. The Labute approximate surface area is 166 Å². The van der Waals surface area contributed by atoms with E-state index in [0.717, 1.165) is 12.1 Å². The molecule has 3 aromatic rings. The molecule has 0 saturated carbocycles. The van der Waals surface area contributed by atoms with E-state index in [1.54, 1.807) is 12.1 Å². The molecule has 5 nitrogen and oxygen atoms in total. The maximum absolute atomic E-state index is 13.6. The average Bonchev–Trinajstić information content (AvgIpc) is 3.09. The minimum absolute atomic E-state index is 0.246. The van der Waals surface area contributed by atoms with Crippen LogP contribution in [0.1, 0.15) is 35.1 Å². The Balaban J connectivity index is 1.64. The lowest BCUT2D eigenvalue weighted by Crippen LogP contribution is -2.30. The van der Waals surface area contributed by atoms with Gasteiger partial charge in [-0.15, -0.1) is 0 Å². The van der Waals surface area contributed by atoms with Crippen LogP contribution in [-0.2, 0) is 0 Å². The molecule has 2 heterocycles. The number of nitrogens with zero attached hydrogens (tertiary/aromatic N) is 4. The molecule has 0 unspecified atom stereocenters. The molecule has 1 aromatic heterocycles. The number of para-hydroxylation sites is 2. The Kier molecular flexibility index (Phi) is 4.73. The van der Waals surface area contributed by atoms with Crippen molar-refractivity contribution in [1.82, 2.24) is 14.5 Å². The van der Waals surface area contributed by atoms with Crippen molar-refractivity contribution in [3.05, 3.63) is 77.1 Å². The van der Waals surface area contributed by atoms with Gasteiger partial charge in [-0.3, -0.25) is 14.3 Å². The van der Waals surface area contributed by atoms with Gasteiger partial charge in [0.15, 0.2) is 11.6 Å². The van der Waals surface area contributed by atoms with E-state index in [9.17, 15) is 18.8 Å². The first-order valence-corrected chi connectivity index (χ1v) is 9.17. The van der Waals surface area contributed by atoms with E-state index in [2.05, 4.69) is 11.1 Å². The summed E-state index contributed by atoms with van der Waals surface area (Å²) >= 11 is 0. The number of carbonyl (C=O) groups is 1. The van der Waals surface area contributed by atoms with Gasteiger partial charge in [0.1, 0.15) is 11.7 Å². The molecule has 0 radical (unpaired) electrons. The molecule has 0 bridgehead atoms. The molecular weight excluding hydrogens is 374 g/mol. The quantitative estimate of drug-likeness (QED) is 0.668. The van der Waals surface area contributed by atoms with Crippen molar-refractivity contribution in [2.75, 3.05) is 13.6 Å². The van der Waals surface area contributed by atoms with E-state index < -0.39 is 17.6 Å². The molecule has 0 spiro atoms. The topological polar surface area (TPSA) is 61.9 Å². The third-order valence-electron chi connectivity index (χ3n) is 5.39. The van der Waals surface area contributed by atoms with Crippen molar-refractivity contribution in [3.63, 3.8) is 0 Å². The zero-order valence-corrected chi connectivity index (χ0v) is 15.9. The number of benzene rings is 2. The van der Waals surface area contributed by atoms with Crippen molar-refractivity contribution in [1.29, 1.82) is 5.26 Å². The highest BCUT2D eigenvalue weighted by molar-refractivity contribution is 5.99. The molecule has 0 fully saturated rings. The van der Waals surface area contributed by atoms with E-state index in [4.69, 9.17) is 0 Å². The number of imidazole rings is 1. The molecule has 0 saturated heterocycles. The van der Waals surface area contributed by atoms with Crippen LogP contribution in [0.3, 0.4) is 0 Å². The highest BCUT2D eigenvalue weighted by Gasteiger charge is 2.32. The van der Waals surface area contributed by atoms with E-state index in [1.807, 2.05) is 31.0 Å². The number of carbonyl (C=O) groups excluding carboxylic acids is 1. The fraction of sp³-hybridized carbons (Fsp3) is 0.227. The largest absolute Gasteiger partial charge is 0.296 e. The molecule has 0 amide bonds. The molecule has 2 atom stereocenters. The van der Waals surface area contributed by atoms with Gasteiger partial charge in [0.05, 0.1) is 17.1 Å². The Morgan fingerprint density at radius 1 is 1.24 bits per heavy atom. The van der Waals surface area contributed by atoms with Crippen LogP contribution in [0.5, 0.6) is 0 Å². The van der Waals surface area contributed by atoms with Crippen molar-refractivity contribution < 1.29 is 13.6 Å². The Hall–Kier alpha value is -3.37. The minimum atomic E-state index is -0.904. The zero-order valence-electron chi connectivity index (χ0n) is 15.9. The Morgan fingerprint density at radius 3 is 2.72 bits per heavy atom. The number of rotatable bonds is 4. The monoisotopic (exact) mass is 392 g/mol. The molecule has 146 valence electrons. The number of hydrogen-bond acceptors (Lipinski definition) is 4. The lowest BCUT2D eigenvalue weighted by Gasteiger charge is -2.29. The van der Waals surface area contributed by atoms with Crippen molar-refractivity contribution >= 4 is 16.9 Å². The van der Waals surface area contributed by atoms with Crippen LogP contribution in [0.25, 0.3) is 11.0 Å². The summed E-state index contributed by atoms with van der Waals surface area (Å²) in [5, 5.41) is 9.79. The summed E-state index contributed by atoms with van der Waals surface area (Å²) < 4.78 is 28.3. The van der Waals surface area contributed by atoms with Crippen molar-refractivity contribution in [2.45, 2.75) is 18.9 Å². The summed E-state index contributed by atoms with van der Waals surface area (Å²) in [7, 11) is 1.81. The van der Waals surface area contributed by atoms with Gasteiger partial charge >= 0.3 is 0 Å². The van der Waals surface area contributed by atoms with Gasteiger partial charge in [-0.05, 0) is 49.4 Å². The molecule has 7 heteroatoms. The molecular formula is C22H18F2N4O. The molecule has 0 aliphatic carbocycles. The zero-order chi connectivity index (χ0) is 20.7. The smallest absolute Gasteiger partial charge is 0.256 e. The highest BCUT2D eigenvalue weighted by atomic mass is 19.2. The molecule has 1 aliphatic rings. The van der Waals surface area contributed by atoms with E-state index in [-0.39, 0.29) is 11.9 Å². The summed E-state index contributed by atoms with van der Waals surface area (Å²) in [6.07, 6.45) is 1.48. The minimum Gasteiger partial charge on any atom is -0.296 e. The van der Waals surface area contributed by atoms with Crippen molar-refractivity contribution in [2.24, 2.45) is 0 Å². The third-order valence-corrected chi connectivity index (χ3v) is 5.39. The lowest BCUT2D eigenvalue weighted by molar-refractivity contribution is 0.0963. The number of fused-ring (bicyclic) bond motifs is 3. The second-order valence-electron chi connectivity index (χ2n) is 7.18. The Morgan fingerprint density at radius 2 is 2.00 bits per heavy atom. The average molecular weight is 392 g/mol. The van der Waals surface area contributed by atoms with Crippen LogP contribution < -0.4 is 0 Å². The SMILES string of the molecule is C[C@@H](c1ccc(F)c(F)c1)N(C)CC1=CC(=O)n2c(nc3ccccc32)[C@@H]1C#N. The summed E-state index contributed by atoms with van der Waals surface area (Å²) in [5.74, 6) is -2.31. The van der Waals surface area contributed by atoms with E-state index in [0.29, 0.717) is 34.5 Å². The van der Waals surface area contributed by atoms with Gasteiger partial charge < -0.3 is 0 Å². The molecule has 29 heavy (non-hydrogen) atoms. The first-order chi connectivity index (χ1) is 13.9. The van der Waals surface area contributed by atoms with Crippen molar-refractivity contribution in [3.8, 4) is 6.07 Å². The van der Waals surface area contributed by atoms with Gasteiger partial charge in [-0.2, -0.15) is 5.26 Å². The summed E-state index contributed by atoms with van der Waals surface area (Å²) in [6, 6.07) is 13.1. The number of halogens is 2. The first-order valence-electron chi connectivity index (χ1n) is 9.17. The van der Waals surface area contributed by atoms with Gasteiger partial charge in [0.25, 0.3) is 5.91 Å². The maximum atomic E-state index is 13.6. The third kappa shape index (κ3) is 3.22. The lowest BCUT2D eigenvalue weighted by atomic mass is 9.95. The van der Waals surface area contributed by atoms with Crippen LogP contribution in [0.2, 0.25) is 0 Å². The fourth-order valence-electron chi connectivity index (χ4n) is 3.67. The summed E-state index contributed by atoms with van der Waals surface area (Å²) in [6.45, 7) is 2.17. The standard InChI is InChI=1S/C22H18F2N4O/c1-13(14-7-8-17(23)18(24)9-14)27(2)12-15-10-21(29)28-20-6-4-3-5-19(20)26-22(28)16(15)11-25/h3-10,13,16H,12H2,1-2H3/t13-,16+/m0/s1. The van der Waals surface area contributed by atoms with Gasteiger partial charge in [-0.25, -0.2) is 13.8 Å². The molecule has 4 rings (SSSR count). The van der Waals surface area contributed by atoms with E-state index >= 15 is 0 Å². The highest BCUT2D eigenvalue weighted by Crippen LogP contribution is 2.32. The summed E-state index contributed by atoms with van der Waals surface area (Å²) in [5.41, 5.74) is 2.56. The van der Waals surface area contributed by atoms with Gasteiger partial charge in [0, 0.05) is 18.7 Å². The summed E-state index contributed by atoms with van der Waals surface area (Å²) in [4.78, 5) is 19.2. The van der Waals surface area contributed by atoms with Gasteiger partial charge in [-0.1, -0.05) is 18.2 Å². The number of aromatic nitrogens is 2. The van der Waals surface area contributed by atoms with Crippen LogP contribution in [0, 0.1) is 23.0 Å². The first kappa shape index (κ1) is 19.0. The molecule has 1 aliphatic heterocycles. The Bertz CT molecular complexity index is 1190. The number of likely N-dealkylation sites (N-methyl/N-ethyl adjacent to an activating group) is 1. The van der Waals surface area contributed by atoms with Crippen LogP contribution in [0.15, 0.2) is 54.1 Å². The predicted molar refractivity (Wildman–Crippen MR) is 104 cm³/mol. The number of allylic oxidation sites excluding steroid dienone is 1. The normalized spacial score (nSPS) is 17.2. The van der Waals surface area contributed by atoms with Crippen LogP contribution in [0.4, 0.5) is 8.78 Å². The number of hydrogen-bond donors (Lipinski definition) is 0. The fourth-order valence-corrected chi connectivity index (χ4v) is 3.67.